The fourth-order valence-corrected chi connectivity index (χ4v) is 6.97. The topological polar surface area (TPSA) is 24.1 Å². The third-order valence-corrected chi connectivity index (χ3v) is 8.91. The monoisotopic (exact) mass is 590 g/mol. The van der Waals surface area contributed by atoms with Crippen LogP contribution in [0.5, 0.6) is 0 Å². The van der Waals surface area contributed by atoms with Crippen LogP contribution in [0.3, 0.4) is 0 Å². The number of hydrogen-bond donors (Lipinski definition) is 2. The number of alkyl halides is 6. The molecule has 208 valence electrons. The lowest BCUT2D eigenvalue weighted by Gasteiger charge is -2.27. The van der Waals surface area contributed by atoms with Crippen LogP contribution in [0.25, 0.3) is 0 Å². The molecule has 0 bridgehead atoms. The van der Waals surface area contributed by atoms with E-state index < -0.39 is 37.1 Å². The van der Waals surface area contributed by atoms with Gasteiger partial charge in [-0.25, -0.2) is 0 Å². The van der Waals surface area contributed by atoms with Gasteiger partial charge in [0.25, 0.3) is 0 Å². The molecule has 0 aliphatic heterocycles. The van der Waals surface area contributed by atoms with Gasteiger partial charge in [-0.2, -0.15) is 26.3 Å². The summed E-state index contributed by atoms with van der Waals surface area (Å²) < 4.78 is 80.1. The minimum Gasteiger partial charge on any atom is -0.359 e. The summed E-state index contributed by atoms with van der Waals surface area (Å²) in [6.07, 6.45) is -8.75. The number of thiocarbonyl (C=S) groups is 1. The van der Waals surface area contributed by atoms with E-state index in [0.717, 1.165) is 16.2 Å². The van der Waals surface area contributed by atoms with E-state index in [4.69, 9.17) is 12.2 Å². The first-order valence-electron chi connectivity index (χ1n) is 12.3. The highest BCUT2D eigenvalue weighted by Crippen LogP contribution is 2.38. The Morgan fingerprint density at radius 1 is 0.675 bits per heavy atom. The molecule has 4 aromatic carbocycles. The normalized spacial score (nSPS) is 12.7. The first kappa shape index (κ1) is 29.6. The van der Waals surface area contributed by atoms with Gasteiger partial charge in [0.05, 0.1) is 11.1 Å². The third-order valence-electron chi connectivity index (χ3n) is 6.04. The minimum atomic E-state index is -4.95. The van der Waals surface area contributed by atoms with Gasteiger partial charge in [-0.3, -0.25) is 0 Å². The number of nitrogens with one attached hydrogen (secondary N) is 2. The van der Waals surface area contributed by atoms with Crippen LogP contribution < -0.4 is 21.2 Å². The second kappa shape index (κ2) is 12.8. The van der Waals surface area contributed by atoms with Crippen molar-refractivity contribution >= 4 is 41.5 Å². The summed E-state index contributed by atoms with van der Waals surface area (Å²) in [7, 11) is -0.865. The van der Waals surface area contributed by atoms with E-state index in [9.17, 15) is 26.3 Å². The van der Waals surface area contributed by atoms with Crippen LogP contribution in [-0.4, -0.2) is 17.3 Å². The molecule has 40 heavy (non-hydrogen) atoms. The van der Waals surface area contributed by atoms with Gasteiger partial charge in [-0.1, -0.05) is 91.0 Å². The number of benzene rings is 4. The molecule has 0 aliphatic carbocycles. The van der Waals surface area contributed by atoms with Crippen molar-refractivity contribution < 1.29 is 26.3 Å². The van der Waals surface area contributed by atoms with Gasteiger partial charge in [0.2, 0.25) is 0 Å². The molecule has 2 nitrogen and oxygen atoms in total. The van der Waals surface area contributed by atoms with Gasteiger partial charge in [0.1, 0.15) is 0 Å². The molecule has 4 aromatic rings. The Kier molecular flexibility index (Phi) is 9.48. The second-order valence-electron chi connectivity index (χ2n) is 9.06. The van der Waals surface area contributed by atoms with Crippen LogP contribution in [-0.2, 0) is 18.8 Å². The van der Waals surface area contributed by atoms with Crippen LogP contribution in [0.4, 0.5) is 32.0 Å². The third kappa shape index (κ3) is 8.29. The zero-order valence-corrected chi connectivity index (χ0v) is 22.7. The molecule has 0 aliphatic rings. The van der Waals surface area contributed by atoms with Crippen molar-refractivity contribution in [2.75, 3.05) is 11.5 Å². The minimum absolute atomic E-state index is 0.0653. The predicted molar refractivity (Wildman–Crippen MR) is 154 cm³/mol. The standard InChI is InChI=1S/C30H25F6N2PS/c31-29(32,33)22-17-23(30(34,35)36)19-24(18-22)37-28(40)38-25(16-21-10-4-1-5-11-21)20-39(26-12-6-2-7-13-26)27-14-8-3-9-15-27/h1-15,17-19,25H,16,20H2,(H2,37,38,40)/t25-/m0/s1. The molecule has 2 N–H and O–H groups in total. The first-order chi connectivity index (χ1) is 19.0. The molecule has 0 aromatic heterocycles. The van der Waals surface area contributed by atoms with Crippen LogP contribution >= 0.6 is 20.1 Å². The zero-order chi connectivity index (χ0) is 28.8. The van der Waals surface area contributed by atoms with E-state index in [2.05, 4.69) is 34.9 Å². The first-order valence-corrected chi connectivity index (χ1v) is 14.2. The van der Waals surface area contributed by atoms with Gasteiger partial charge in [-0.15, -0.1) is 0 Å². The highest BCUT2D eigenvalue weighted by atomic mass is 32.1. The van der Waals surface area contributed by atoms with E-state index >= 15 is 0 Å². The summed E-state index contributed by atoms with van der Waals surface area (Å²) in [6.45, 7) is 0. The summed E-state index contributed by atoms with van der Waals surface area (Å²) in [5, 5.41) is 7.94. The lowest BCUT2D eigenvalue weighted by Crippen LogP contribution is -2.42. The van der Waals surface area contributed by atoms with Crippen LogP contribution in [0.1, 0.15) is 16.7 Å². The maximum absolute atomic E-state index is 13.4. The number of halogens is 6. The molecule has 0 amide bonds. The largest absolute Gasteiger partial charge is 0.416 e. The Morgan fingerprint density at radius 3 is 1.57 bits per heavy atom. The Labute approximate surface area is 235 Å². The van der Waals surface area contributed by atoms with Crippen molar-refractivity contribution in [3.05, 3.63) is 126 Å². The number of rotatable bonds is 8. The van der Waals surface area contributed by atoms with Gasteiger partial charge in [-0.05, 0) is 67.1 Å². The maximum atomic E-state index is 13.4. The average molecular weight is 591 g/mol. The molecule has 4 rings (SSSR count). The van der Waals surface area contributed by atoms with Crippen molar-refractivity contribution in [1.82, 2.24) is 5.32 Å². The van der Waals surface area contributed by atoms with Crippen LogP contribution in [0.2, 0.25) is 0 Å². The van der Waals surface area contributed by atoms with Crippen molar-refractivity contribution in [3.8, 4) is 0 Å². The molecule has 0 spiro atoms. The Hall–Kier alpha value is -3.42. The summed E-state index contributed by atoms with van der Waals surface area (Å²) in [6, 6.07) is 30.6. The van der Waals surface area contributed by atoms with E-state index in [1.54, 1.807) is 0 Å². The fraction of sp³-hybridized carbons (Fsp3) is 0.167. The summed E-state index contributed by atoms with van der Waals surface area (Å²) >= 11 is 5.41. The lowest BCUT2D eigenvalue weighted by molar-refractivity contribution is -0.143. The van der Waals surface area contributed by atoms with Gasteiger partial charge in [0, 0.05) is 11.7 Å². The van der Waals surface area contributed by atoms with Crippen molar-refractivity contribution in [3.63, 3.8) is 0 Å². The molecule has 0 fully saturated rings. The van der Waals surface area contributed by atoms with E-state index in [1.165, 1.54) is 0 Å². The zero-order valence-electron chi connectivity index (χ0n) is 21.0. The molecule has 10 heteroatoms. The molecule has 0 saturated carbocycles. The highest BCUT2D eigenvalue weighted by Gasteiger charge is 2.37. The Morgan fingerprint density at radius 2 is 1.12 bits per heavy atom. The maximum Gasteiger partial charge on any atom is 0.416 e. The van der Waals surface area contributed by atoms with E-state index in [0.29, 0.717) is 24.7 Å². The predicted octanol–water partition coefficient (Wildman–Crippen LogP) is 7.75. The molecular formula is C30H25F6N2PS. The SMILES string of the molecule is FC(F)(F)c1cc(NC(=S)N[C@@H](Cc2ccccc2)CP(c2ccccc2)c2ccccc2)cc(C(F)(F)F)c1. The summed E-state index contributed by atoms with van der Waals surface area (Å²) in [4.78, 5) is 0. The van der Waals surface area contributed by atoms with E-state index in [-0.39, 0.29) is 17.2 Å². The van der Waals surface area contributed by atoms with Gasteiger partial charge < -0.3 is 10.6 Å². The molecule has 1 atom stereocenters. The average Bonchev–Trinajstić information content (AvgIpc) is 2.92. The van der Waals surface area contributed by atoms with Crippen molar-refractivity contribution in [2.45, 2.75) is 24.8 Å². The van der Waals surface area contributed by atoms with E-state index in [1.807, 2.05) is 66.7 Å². The quantitative estimate of drug-likeness (QED) is 0.125. The molecule has 0 heterocycles. The Bertz CT molecular complexity index is 1330. The number of hydrogen-bond acceptors (Lipinski definition) is 1. The Balaban J connectivity index is 1.62. The number of anilines is 1. The van der Waals surface area contributed by atoms with Gasteiger partial charge in [0.15, 0.2) is 5.11 Å². The van der Waals surface area contributed by atoms with Gasteiger partial charge >= 0.3 is 12.4 Å². The fourth-order valence-electron chi connectivity index (χ4n) is 4.24. The van der Waals surface area contributed by atoms with Crippen LogP contribution in [0.15, 0.2) is 109 Å². The molecular weight excluding hydrogens is 565 g/mol. The smallest absolute Gasteiger partial charge is 0.359 e. The lowest BCUT2D eigenvalue weighted by atomic mass is 10.1. The second-order valence-corrected chi connectivity index (χ2v) is 11.7. The van der Waals surface area contributed by atoms with Crippen LogP contribution in [0, 0.1) is 0 Å². The van der Waals surface area contributed by atoms with Crippen molar-refractivity contribution in [1.29, 1.82) is 0 Å². The highest BCUT2D eigenvalue weighted by molar-refractivity contribution is 7.80. The molecule has 0 saturated heterocycles. The molecule has 0 radical (unpaired) electrons. The summed E-state index contributed by atoms with van der Waals surface area (Å²) in [5.41, 5.74) is -2.21. The molecule has 0 unspecified atom stereocenters. The van der Waals surface area contributed by atoms with Crippen molar-refractivity contribution in [2.24, 2.45) is 0 Å². The summed E-state index contributed by atoms with van der Waals surface area (Å²) in [5.74, 6) is 0.